The molecule has 0 atom stereocenters. The standard InChI is InChI=1S/C64H45NO/c1-63(2)55-26-12-9-23-50(55)53-37-36-49(41-58(53)63)65(59-29-16-30-61-62(59)54-39-45(33-38-60(54)66-61)43-19-7-4-8-20-43)48-22-15-21-47(40-48)64(46-34-31-44(32-35-46)42-17-5-3-6-18-42)56-27-13-10-24-51(56)52-25-11-14-28-57(52)64/h3-41H,1-2H3/i1D3,2D3,3D,4D,5D,6D,7D,8D,17D,18D,19D,20D. The quantitative estimate of drug-likeness (QED) is 0.159. The normalized spacial score (nSPS) is 17.7. The van der Waals surface area contributed by atoms with Crippen LogP contribution in [-0.4, -0.2) is 0 Å². The lowest BCUT2D eigenvalue weighted by atomic mass is 9.67. The minimum absolute atomic E-state index is 0.00285. The van der Waals surface area contributed by atoms with E-state index >= 15 is 0 Å². The second-order valence-corrected chi connectivity index (χ2v) is 16.8. The summed E-state index contributed by atoms with van der Waals surface area (Å²) in [6.45, 7) is -6.14. The van der Waals surface area contributed by atoms with Crippen LogP contribution in [0.2, 0.25) is 0 Å². The first kappa shape index (κ1) is 25.3. The third kappa shape index (κ3) is 5.61. The van der Waals surface area contributed by atoms with Gasteiger partial charge in [0, 0.05) is 30.4 Å². The average molecular weight is 860 g/mol. The Morgan fingerprint density at radius 3 is 1.71 bits per heavy atom. The second kappa shape index (κ2) is 14.7. The molecule has 0 amide bonds. The molecule has 11 aromatic rings. The number of nitrogens with zero attached hydrogens (tertiary/aromatic N) is 1. The predicted molar refractivity (Wildman–Crippen MR) is 274 cm³/mol. The van der Waals surface area contributed by atoms with Crippen LogP contribution in [-0.2, 0) is 10.8 Å². The number of hydrogen-bond donors (Lipinski definition) is 0. The van der Waals surface area contributed by atoms with Gasteiger partial charge in [0.25, 0.3) is 0 Å². The van der Waals surface area contributed by atoms with E-state index < -0.39 is 60.8 Å². The topological polar surface area (TPSA) is 16.4 Å². The highest BCUT2D eigenvalue weighted by Crippen LogP contribution is 2.57. The maximum absolute atomic E-state index is 9.14. The van der Waals surface area contributed by atoms with Crippen molar-refractivity contribution in [1.29, 1.82) is 0 Å². The van der Waals surface area contributed by atoms with E-state index in [9.17, 15) is 0 Å². The summed E-state index contributed by atoms with van der Waals surface area (Å²) in [6, 6.07) is 49.8. The molecular formula is C64H45NO. The molecule has 2 nitrogen and oxygen atoms in total. The summed E-state index contributed by atoms with van der Waals surface area (Å²) in [6.07, 6.45) is 0. The molecule has 0 bridgehead atoms. The van der Waals surface area contributed by atoms with Crippen LogP contribution in [0, 0.1) is 0 Å². The van der Waals surface area contributed by atoms with Gasteiger partial charge in [-0.15, -0.1) is 0 Å². The lowest BCUT2D eigenvalue weighted by molar-refractivity contribution is 0.660. The SMILES string of the molecule is [2H]c1c([2H])c([2H])c(-c2ccc(C3(c4cccc(N(c5ccc6c(c5)C(C([2H])([2H])[2H])(C([2H])([2H])[2H])c5ccccc5-6)c5cccc6oc7ccc(-c8c([2H])c([2H])c([2H])c([2H])c8[2H])cc7c56)c4)c4ccccc4-c4ccccc43)cc2)c([2H])c1[2H]. The number of anilines is 3. The van der Waals surface area contributed by atoms with Crippen molar-refractivity contribution < 1.29 is 26.3 Å². The maximum atomic E-state index is 9.14. The van der Waals surface area contributed by atoms with Crippen molar-refractivity contribution in [2.45, 2.75) is 24.5 Å². The number of rotatable bonds is 7. The van der Waals surface area contributed by atoms with E-state index in [-0.39, 0.29) is 46.4 Å². The largest absolute Gasteiger partial charge is 0.456 e. The van der Waals surface area contributed by atoms with E-state index in [1.165, 1.54) is 0 Å². The van der Waals surface area contributed by atoms with Gasteiger partial charge in [0.1, 0.15) is 11.2 Å². The van der Waals surface area contributed by atoms with Gasteiger partial charge in [-0.25, -0.2) is 0 Å². The van der Waals surface area contributed by atoms with Gasteiger partial charge in [-0.3, -0.25) is 0 Å². The Hall–Kier alpha value is -8.20. The smallest absolute Gasteiger partial charge is 0.137 e. The van der Waals surface area contributed by atoms with Crippen LogP contribution in [0.1, 0.15) is 69.0 Å². The van der Waals surface area contributed by atoms with E-state index in [4.69, 9.17) is 26.3 Å². The van der Waals surface area contributed by atoms with Crippen LogP contribution in [0.5, 0.6) is 0 Å². The van der Waals surface area contributed by atoms with Crippen LogP contribution in [0.25, 0.3) is 66.4 Å². The van der Waals surface area contributed by atoms with E-state index in [2.05, 4.69) is 24.3 Å². The van der Waals surface area contributed by atoms with Crippen molar-refractivity contribution in [3.63, 3.8) is 0 Å². The van der Waals surface area contributed by atoms with E-state index in [1.54, 1.807) is 72.8 Å². The highest BCUT2D eigenvalue weighted by molar-refractivity contribution is 6.14. The number of fused-ring (bicyclic) bond motifs is 9. The summed E-state index contributed by atoms with van der Waals surface area (Å²) in [5.74, 6) is 0. The summed E-state index contributed by atoms with van der Waals surface area (Å²) in [5.41, 5.74) is 6.23. The molecule has 312 valence electrons. The number of benzene rings is 10. The third-order valence-corrected chi connectivity index (χ3v) is 13.4. The molecule has 0 saturated carbocycles. The van der Waals surface area contributed by atoms with E-state index in [0.29, 0.717) is 61.3 Å². The Bertz CT molecular complexity index is 4400. The Balaban J connectivity index is 1.10. The summed E-state index contributed by atoms with van der Waals surface area (Å²) in [4.78, 5) is 1.94. The Morgan fingerprint density at radius 1 is 0.424 bits per heavy atom. The summed E-state index contributed by atoms with van der Waals surface area (Å²) in [7, 11) is 0. The third-order valence-electron chi connectivity index (χ3n) is 13.4. The van der Waals surface area contributed by atoms with Crippen molar-refractivity contribution >= 4 is 39.0 Å². The van der Waals surface area contributed by atoms with Gasteiger partial charge in [-0.2, -0.15) is 0 Å². The molecule has 0 N–H and O–H groups in total. The zero-order chi connectivity index (χ0) is 57.7. The van der Waals surface area contributed by atoms with Gasteiger partial charge in [-0.1, -0.05) is 202 Å². The Morgan fingerprint density at radius 2 is 1.02 bits per heavy atom. The molecule has 0 unspecified atom stereocenters. The van der Waals surface area contributed by atoms with Crippen LogP contribution >= 0.6 is 0 Å². The molecule has 2 aliphatic rings. The highest BCUT2D eigenvalue weighted by Gasteiger charge is 2.46. The monoisotopic (exact) mass is 859 g/mol. The molecule has 0 saturated heterocycles. The molecule has 0 fully saturated rings. The first-order valence-electron chi connectivity index (χ1n) is 29.7. The zero-order valence-electron chi connectivity index (χ0n) is 51.1. The lowest BCUT2D eigenvalue weighted by Gasteiger charge is -2.35. The van der Waals surface area contributed by atoms with Gasteiger partial charge in [0.05, 0.1) is 30.2 Å². The van der Waals surface area contributed by atoms with Gasteiger partial charge in [0.15, 0.2) is 0 Å². The van der Waals surface area contributed by atoms with Crippen LogP contribution in [0.15, 0.2) is 241 Å². The molecule has 66 heavy (non-hydrogen) atoms. The number of hydrogen-bond acceptors (Lipinski definition) is 2. The molecular weight excluding hydrogens is 799 g/mol. The van der Waals surface area contributed by atoms with Crippen molar-refractivity contribution in [3.8, 4) is 44.5 Å². The summed E-state index contributed by atoms with van der Waals surface area (Å²) < 4.78 is 147. The molecule has 0 radical (unpaired) electrons. The second-order valence-electron chi connectivity index (χ2n) is 16.8. The molecule has 10 aromatic carbocycles. The molecule has 2 aliphatic carbocycles. The van der Waals surface area contributed by atoms with E-state index in [1.807, 2.05) is 83.8 Å². The predicted octanol–water partition coefficient (Wildman–Crippen LogP) is 17.1. The van der Waals surface area contributed by atoms with Crippen molar-refractivity contribution in [2.24, 2.45) is 0 Å². The lowest BCUT2D eigenvalue weighted by Crippen LogP contribution is -2.29. The zero-order valence-corrected chi connectivity index (χ0v) is 35.1. The highest BCUT2D eigenvalue weighted by atomic mass is 16.3. The summed E-state index contributed by atoms with van der Waals surface area (Å²) in [5, 5.41) is 1.08. The van der Waals surface area contributed by atoms with Crippen molar-refractivity contribution in [2.75, 3.05) is 4.90 Å². The van der Waals surface area contributed by atoms with Crippen molar-refractivity contribution in [3.05, 3.63) is 270 Å². The maximum Gasteiger partial charge on any atom is 0.137 e. The molecule has 1 aromatic heterocycles. The van der Waals surface area contributed by atoms with Crippen LogP contribution < -0.4 is 4.90 Å². The Kier molecular flexibility index (Phi) is 5.63. The van der Waals surface area contributed by atoms with Gasteiger partial charge in [0.2, 0.25) is 0 Å². The first-order chi connectivity index (χ1) is 39.1. The minimum atomic E-state index is -3.07. The van der Waals surface area contributed by atoms with Crippen LogP contribution in [0.3, 0.4) is 0 Å². The molecule has 1 heterocycles. The first-order valence-corrected chi connectivity index (χ1v) is 21.7. The van der Waals surface area contributed by atoms with Gasteiger partial charge >= 0.3 is 0 Å². The van der Waals surface area contributed by atoms with Crippen molar-refractivity contribution in [1.82, 2.24) is 0 Å². The molecule has 2 heteroatoms. The summed E-state index contributed by atoms with van der Waals surface area (Å²) >= 11 is 0. The number of furan rings is 1. The fourth-order valence-electron chi connectivity index (χ4n) is 10.6. The minimum Gasteiger partial charge on any atom is -0.456 e. The Labute approximate surface area is 408 Å². The van der Waals surface area contributed by atoms with Crippen LogP contribution in [0.4, 0.5) is 17.1 Å². The van der Waals surface area contributed by atoms with Gasteiger partial charge in [-0.05, 0) is 126 Å². The molecule has 13 rings (SSSR count). The molecule has 0 aliphatic heterocycles. The molecule has 0 spiro atoms. The fraction of sp³-hybridized carbons (Fsp3) is 0.0625. The van der Waals surface area contributed by atoms with Gasteiger partial charge < -0.3 is 9.32 Å². The fourth-order valence-corrected chi connectivity index (χ4v) is 10.6. The van der Waals surface area contributed by atoms with E-state index in [0.717, 1.165) is 33.4 Å². The average Bonchev–Trinajstić information content (AvgIpc) is 1.92.